The summed E-state index contributed by atoms with van der Waals surface area (Å²) < 4.78 is 0.398. The van der Waals surface area contributed by atoms with E-state index in [0.29, 0.717) is 4.75 Å². The second kappa shape index (κ2) is 4.24. The molecule has 0 spiro atoms. The molecule has 10 heavy (non-hydrogen) atoms. The first-order chi connectivity index (χ1) is 4.56. The monoisotopic (exact) mass is 161 g/mol. The lowest BCUT2D eigenvalue weighted by Gasteiger charge is -2.31. The molecule has 1 unspecified atom stereocenters. The van der Waals surface area contributed by atoms with Gasteiger partial charge in [-0.2, -0.15) is 11.8 Å². The maximum Gasteiger partial charge on any atom is 0.0276 e. The second-order valence-electron chi connectivity index (χ2n) is 3.20. The highest BCUT2D eigenvalue weighted by Gasteiger charge is 2.25. The topological polar surface area (TPSA) is 12.0 Å². The zero-order valence-electron chi connectivity index (χ0n) is 7.69. The van der Waals surface area contributed by atoms with Gasteiger partial charge in [-0.15, -0.1) is 0 Å². The van der Waals surface area contributed by atoms with Crippen molar-refractivity contribution in [2.24, 2.45) is 5.92 Å². The largest absolute Gasteiger partial charge is 0.318 e. The van der Waals surface area contributed by atoms with Crippen molar-refractivity contribution in [1.29, 1.82) is 0 Å². The van der Waals surface area contributed by atoms with Crippen LogP contribution >= 0.6 is 11.8 Å². The highest BCUT2D eigenvalue weighted by Crippen LogP contribution is 2.29. The third-order valence-electron chi connectivity index (χ3n) is 2.22. The van der Waals surface area contributed by atoms with E-state index in [1.54, 1.807) is 0 Å². The first kappa shape index (κ1) is 10.3. The average Bonchev–Trinajstić information content (AvgIpc) is 1.88. The van der Waals surface area contributed by atoms with Gasteiger partial charge < -0.3 is 5.32 Å². The van der Waals surface area contributed by atoms with Crippen molar-refractivity contribution in [1.82, 2.24) is 5.32 Å². The number of hydrogen-bond donors (Lipinski definition) is 1. The molecule has 0 aliphatic carbocycles. The van der Waals surface area contributed by atoms with E-state index in [9.17, 15) is 0 Å². The van der Waals surface area contributed by atoms with E-state index in [2.05, 4.69) is 32.3 Å². The quantitative estimate of drug-likeness (QED) is 0.676. The van der Waals surface area contributed by atoms with Crippen molar-refractivity contribution in [2.45, 2.75) is 25.5 Å². The van der Waals surface area contributed by atoms with E-state index in [1.165, 1.54) is 0 Å². The lowest BCUT2D eigenvalue weighted by Crippen LogP contribution is -2.37. The van der Waals surface area contributed by atoms with Crippen LogP contribution in [0.1, 0.15) is 20.8 Å². The summed E-state index contributed by atoms with van der Waals surface area (Å²) in [6, 6.07) is 0. The van der Waals surface area contributed by atoms with E-state index in [-0.39, 0.29) is 0 Å². The minimum Gasteiger partial charge on any atom is -0.318 e. The van der Waals surface area contributed by atoms with Crippen LogP contribution in [0.15, 0.2) is 0 Å². The van der Waals surface area contributed by atoms with Crippen LogP contribution in [0.5, 0.6) is 0 Å². The minimum absolute atomic E-state index is 0.398. The minimum atomic E-state index is 0.398. The van der Waals surface area contributed by atoms with Gasteiger partial charge in [0.15, 0.2) is 0 Å². The molecule has 1 atom stereocenters. The summed E-state index contributed by atoms with van der Waals surface area (Å²) >= 11 is 1.94. The second-order valence-corrected chi connectivity index (χ2v) is 4.54. The van der Waals surface area contributed by atoms with Crippen LogP contribution < -0.4 is 5.32 Å². The van der Waals surface area contributed by atoms with E-state index < -0.39 is 0 Å². The molecule has 0 aliphatic heterocycles. The fourth-order valence-electron chi connectivity index (χ4n) is 0.863. The van der Waals surface area contributed by atoms with Crippen LogP contribution in [0.25, 0.3) is 0 Å². The van der Waals surface area contributed by atoms with Crippen molar-refractivity contribution in [3.8, 4) is 0 Å². The summed E-state index contributed by atoms with van der Waals surface area (Å²) in [4.78, 5) is 0. The molecular formula is C8H19NS. The molecule has 0 aromatic heterocycles. The molecule has 1 nitrogen and oxygen atoms in total. The van der Waals surface area contributed by atoms with Crippen LogP contribution in [0.4, 0.5) is 0 Å². The Hall–Kier alpha value is 0.310. The number of nitrogens with one attached hydrogen (secondary N) is 1. The molecule has 0 aliphatic rings. The van der Waals surface area contributed by atoms with Gasteiger partial charge in [0.05, 0.1) is 0 Å². The fourth-order valence-corrected chi connectivity index (χ4v) is 1.62. The van der Waals surface area contributed by atoms with E-state index in [1.807, 2.05) is 18.8 Å². The van der Waals surface area contributed by atoms with Gasteiger partial charge in [-0.25, -0.2) is 0 Å². The van der Waals surface area contributed by atoms with Gasteiger partial charge in [-0.05, 0) is 26.1 Å². The van der Waals surface area contributed by atoms with E-state index in [0.717, 1.165) is 12.5 Å². The van der Waals surface area contributed by atoms with Crippen molar-refractivity contribution >= 4 is 11.8 Å². The molecule has 0 bridgehead atoms. The van der Waals surface area contributed by atoms with Gasteiger partial charge in [0.25, 0.3) is 0 Å². The van der Waals surface area contributed by atoms with E-state index in [4.69, 9.17) is 0 Å². The average molecular weight is 161 g/mol. The van der Waals surface area contributed by atoms with E-state index >= 15 is 0 Å². The lowest BCUT2D eigenvalue weighted by atomic mass is 9.97. The summed E-state index contributed by atoms with van der Waals surface area (Å²) in [7, 11) is 2.01. The van der Waals surface area contributed by atoms with Gasteiger partial charge in [-0.3, -0.25) is 0 Å². The zero-order valence-corrected chi connectivity index (χ0v) is 8.51. The van der Waals surface area contributed by atoms with Crippen LogP contribution in [-0.2, 0) is 0 Å². The van der Waals surface area contributed by atoms with Crippen LogP contribution in [-0.4, -0.2) is 24.6 Å². The van der Waals surface area contributed by atoms with Crippen molar-refractivity contribution in [3.05, 3.63) is 0 Å². The Bertz CT molecular complexity index is 93.3. The third kappa shape index (κ3) is 2.51. The summed E-state index contributed by atoms with van der Waals surface area (Å²) in [6.45, 7) is 7.94. The first-order valence-corrected chi connectivity index (χ1v) is 4.99. The molecule has 1 N–H and O–H groups in total. The van der Waals surface area contributed by atoms with Gasteiger partial charge in [-0.1, -0.05) is 13.8 Å². The normalized spacial score (nSPS) is 17.4. The number of hydrogen-bond acceptors (Lipinski definition) is 2. The molecule has 0 heterocycles. The smallest absolute Gasteiger partial charge is 0.0276 e. The molecule has 2 heteroatoms. The highest BCUT2D eigenvalue weighted by atomic mass is 32.2. The Balaban J connectivity index is 3.94. The van der Waals surface area contributed by atoms with Crippen LogP contribution in [0.3, 0.4) is 0 Å². The van der Waals surface area contributed by atoms with Gasteiger partial charge in [0.1, 0.15) is 0 Å². The van der Waals surface area contributed by atoms with Gasteiger partial charge in [0, 0.05) is 11.3 Å². The van der Waals surface area contributed by atoms with Crippen LogP contribution in [0, 0.1) is 5.92 Å². The van der Waals surface area contributed by atoms with Gasteiger partial charge in [0.2, 0.25) is 0 Å². The van der Waals surface area contributed by atoms with Crippen LogP contribution in [0.2, 0.25) is 0 Å². The Morgan fingerprint density at radius 3 is 2.10 bits per heavy atom. The Morgan fingerprint density at radius 1 is 1.50 bits per heavy atom. The molecule has 62 valence electrons. The number of thioether (sulfide) groups is 1. The summed E-state index contributed by atoms with van der Waals surface area (Å²) in [5.41, 5.74) is 0. The fraction of sp³-hybridized carbons (Fsp3) is 1.00. The predicted molar refractivity (Wildman–Crippen MR) is 50.7 cm³/mol. The summed E-state index contributed by atoms with van der Waals surface area (Å²) in [5, 5.41) is 3.22. The van der Waals surface area contributed by atoms with Crippen molar-refractivity contribution < 1.29 is 0 Å². The molecule has 0 aromatic rings. The maximum absolute atomic E-state index is 3.22. The molecule has 0 rings (SSSR count). The SMILES string of the molecule is CNCC(C)(SC)C(C)C. The standard InChI is InChI=1S/C8H19NS/c1-7(2)8(3,10-5)6-9-4/h7,9H,6H2,1-5H3. The Labute approximate surface area is 69.0 Å². The highest BCUT2D eigenvalue weighted by molar-refractivity contribution is 8.00. The molecule has 0 saturated carbocycles. The predicted octanol–water partition coefficient (Wildman–Crippen LogP) is 1.98. The molecular weight excluding hydrogens is 142 g/mol. The lowest BCUT2D eigenvalue weighted by molar-refractivity contribution is 0.451. The van der Waals surface area contributed by atoms with Crippen molar-refractivity contribution in [3.63, 3.8) is 0 Å². The number of rotatable bonds is 4. The maximum atomic E-state index is 3.22. The molecule has 0 radical (unpaired) electrons. The van der Waals surface area contributed by atoms with Crippen molar-refractivity contribution in [2.75, 3.05) is 19.8 Å². The Morgan fingerprint density at radius 2 is 2.00 bits per heavy atom. The molecule has 0 saturated heterocycles. The third-order valence-corrected chi connectivity index (χ3v) is 3.76. The van der Waals surface area contributed by atoms with Gasteiger partial charge >= 0.3 is 0 Å². The molecule has 0 amide bonds. The summed E-state index contributed by atoms with van der Waals surface area (Å²) in [5.74, 6) is 0.731. The molecule has 0 aromatic carbocycles. The Kier molecular flexibility index (Phi) is 4.37. The first-order valence-electron chi connectivity index (χ1n) is 3.76. The molecule has 0 fully saturated rings. The zero-order chi connectivity index (χ0) is 8.20. The summed E-state index contributed by atoms with van der Waals surface area (Å²) in [6.07, 6.45) is 2.18.